The molecule has 137 heavy (non-hydrogen) atoms. The number of hydrogen-bond donors (Lipinski definition) is 0. The van der Waals surface area contributed by atoms with Crippen molar-refractivity contribution >= 4 is 154 Å². The van der Waals surface area contributed by atoms with E-state index in [4.69, 9.17) is 0 Å². The Kier molecular flexibility index (Phi) is 18.0. The minimum atomic E-state index is -2.01. The summed E-state index contributed by atoms with van der Waals surface area (Å²) in [7, 11) is -2.01. The SMILES string of the molecule is C[Si]1(C)c2ccccc2-c2cc3c(-c4ccccc4)cc(-c4ccccc4)c4ccc5c(-c6ccccc6)cc1c2c5c43.Cc1cc(C)c(-c2ccc3cc4c5c(ccc6ccc2c3c65)C(C)(C)c2cc(-n3c5ccccc5c5ccccc53)ccc2-4)c(C)c1.c1ccc(-c2cc(-c3ccccc3)c3cc4c5c(cc(-c6ccccc6)c6ccc2c3c65)N(c2ccccc2)c2ccccc2-4)cc1. The van der Waals surface area contributed by atoms with Crippen LogP contribution in [0.25, 0.3) is 236 Å². The van der Waals surface area contributed by atoms with Crippen LogP contribution in [-0.2, 0) is 5.41 Å². The monoisotopic (exact) mass is 1760 g/mol. The highest BCUT2D eigenvalue weighted by Gasteiger charge is 2.40. The van der Waals surface area contributed by atoms with E-state index in [1.165, 1.54) is 280 Å². The highest BCUT2D eigenvalue weighted by atomic mass is 28.3. The first-order valence-electron chi connectivity index (χ1n) is 48.3. The van der Waals surface area contributed by atoms with Crippen LogP contribution in [-0.4, -0.2) is 12.6 Å². The molecule has 0 radical (unpaired) electrons. The van der Waals surface area contributed by atoms with Crippen molar-refractivity contribution in [2.75, 3.05) is 4.90 Å². The first-order chi connectivity index (χ1) is 67.3. The molecule has 2 nitrogen and oxygen atoms in total. The Morgan fingerprint density at radius 1 is 0.212 bits per heavy atom. The fourth-order valence-electron chi connectivity index (χ4n) is 24.9. The van der Waals surface area contributed by atoms with E-state index in [1.54, 1.807) is 5.19 Å². The summed E-state index contributed by atoms with van der Waals surface area (Å²) in [6, 6.07) is 165. The van der Waals surface area contributed by atoms with Gasteiger partial charge in [-0.25, -0.2) is 0 Å². The van der Waals surface area contributed by atoms with Gasteiger partial charge < -0.3 is 9.47 Å². The average molecular weight is 1760 g/mol. The first-order valence-corrected chi connectivity index (χ1v) is 51.3. The summed E-state index contributed by atoms with van der Waals surface area (Å²) in [5.41, 5.74) is 39.8. The molecule has 0 N–H and O–H groups in total. The number of anilines is 3. The number of fused-ring (bicyclic) bond motifs is 9. The topological polar surface area (TPSA) is 8.17 Å². The normalized spacial score (nSPS) is 13.2. The van der Waals surface area contributed by atoms with Crippen LogP contribution in [0.3, 0.4) is 0 Å². The van der Waals surface area contributed by atoms with Crippen molar-refractivity contribution in [2.45, 2.75) is 53.1 Å². The summed E-state index contributed by atoms with van der Waals surface area (Å²) in [5, 5.41) is 30.0. The molecule has 3 aliphatic rings. The molecule has 0 fully saturated rings. The van der Waals surface area contributed by atoms with E-state index >= 15 is 0 Å². The maximum absolute atomic E-state index is 2.55. The summed E-state index contributed by atoms with van der Waals surface area (Å²) in [6.07, 6.45) is 0. The molecule has 0 saturated heterocycles. The van der Waals surface area contributed by atoms with Gasteiger partial charge in [0.25, 0.3) is 0 Å². The van der Waals surface area contributed by atoms with E-state index in [0.717, 1.165) is 5.69 Å². The summed E-state index contributed by atoms with van der Waals surface area (Å²) < 4.78 is 2.45. The minimum absolute atomic E-state index is 0.174. The lowest BCUT2D eigenvalue weighted by Crippen LogP contribution is -2.55. The highest BCUT2D eigenvalue weighted by molar-refractivity contribution is 7.03. The van der Waals surface area contributed by atoms with Crippen LogP contribution in [0.1, 0.15) is 41.7 Å². The summed E-state index contributed by atoms with van der Waals surface area (Å²) in [4.78, 5) is 2.47. The highest BCUT2D eigenvalue weighted by Crippen LogP contribution is 2.60. The number of hydrogen-bond acceptors (Lipinski definition) is 1. The van der Waals surface area contributed by atoms with Gasteiger partial charge in [0, 0.05) is 43.9 Å². The molecule has 0 spiro atoms. The summed E-state index contributed by atoms with van der Waals surface area (Å²) >= 11 is 0. The molecule has 26 aromatic rings. The van der Waals surface area contributed by atoms with Crippen LogP contribution in [0.15, 0.2) is 443 Å². The lowest BCUT2D eigenvalue weighted by atomic mass is 9.67. The van der Waals surface area contributed by atoms with Crippen LogP contribution in [0, 0.1) is 20.8 Å². The predicted molar refractivity (Wildman–Crippen MR) is 590 cm³/mol. The van der Waals surface area contributed by atoms with Gasteiger partial charge in [0.15, 0.2) is 0 Å². The fraction of sp³-hybridized carbons (Fsp3) is 0.0597. The minimum Gasteiger partial charge on any atom is -0.309 e. The molecule has 1 aliphatic carbocycles. The number of para-hydroxylation sites is 4. The van der Waals surface area contributed by atoms with Crippen molar-refractivity contribution in [1.29, 1.82) is 0 Å². The Morgan fingerprint density at radius 2 is 0.620 bits per heavy atom. The van der Waals surface area contributed by atoms with Crippen LogP contribution in [0.2, 0.25) is 13.1 Å². The van der Waals surface area contributed by atoms with Crippen molar-refractivity contribution < 1.29 is 0 Å². The van der Waals surface area contributed by atoms with E-state index in [9.17, 15) is 0 Å². The second kappa shape index (κ2) is 30.7. The third-order valence-electron chi connectivity index (χ3n) is 30.9. The third-order valence-corrected chi connectivity index (χ3v) is 34.5. The smallest absolute Gasteiger partial charge is 0.113 e. The van der Waals surface area contributed by atoms with E-state index in [2.05, 4.69) is 500 Å². The average Bonchev–Trinajstić information content (AvgIpc) is 0.842. The van der Waals surface area contributed by atoms with E-state index < -0.39 is 8.07 Å². The van der Waals surface area contributed by atoms with Crippen LogP contribution in [0.5, 0.6) is 0 Å². The molecule has 0 amide bonds. The van der Waals surface area contributed by atoms with Crippen molar-refractivity contribution in [3.63, 3.8) is 0 Å². The van der Waals surface area contributed by atoms with Gasteiger partial charge in [-0.15, -0.1) is 0 Å². The Labute approximate surface area is 798 Å². The molecule has 0 saturated carbocycles. The third kappa shape index (κ3) is 12.1. The standard InChI is InChI=1S/C46H35N.C46H29N.C42H30Si/c1-26-22-27(2)42(28(3)23-26)35-19-15-30-24-37-32-20-17-31(47-40-12-8-6-10-33(40)34-11-7-9-13-41(34)47)25-39(32)46(4,5)38-21-16-29-14-18-36(35)43(30)44(29)45(37)38;1-5-15-30(16-6-1)37-27-38(31-17-7-2-8-18-31)41-28-40-34-23-13-14-24-42(34)47(33-21-11-4-12-22-33)43-29-39(32-19-9-3-10-20-32)36-26-25-35(37)44(41)46(36)45(40)43;1-43(2)38-21-13-12-20-30(38)36-25-37-34(28-16-8-4-9-17-28)24-33(27-14-6-3-7-15-27)31-22-23-32-35(29-18-10-5-11-19-29)26-39(43)41(36)42(32)40(31)37/h6-25H,1-5H3;1-29H;3-26H,1-2H3. The molecule has 3 heteroatoms. The summed E-state index contributed by atoms with van der Waals surface area (Å²) in [5.74, 6) is 0. The van der Waals surface area contributed by atoms with Crippen molar-refractivity contribution in [1.82, 2.24) is 4.57 Å². The second-order valence-electron chi connectivity index (χ2n) is 39.3. The Bertz CT molecular complexity index is 9370. The number of nitrogens with zero attached hydrogens (tertiary/aromatic N) is 2. The second-order valence-corrected chi connectivity index (χ2v) is 43.6. The zero-order valence-corrected chi connectivity index (χ0v) is 78.5. The number of aryl methyl sites for hydroxylation is 3. The molecule has 0 bridgehead atoms. The van der Waals surface area contributed by atoms with Crippen LogP contribution >= 0.6 is 0 Å². The Balaban J connectivity index is 0.000000104. The maximum Gasteiger partial charge on any atom is 0.113 e. The zero-order valence-electron chi connectivity index (χ0n) is 77.5. The van der Waals surface area contributed by atoms with Gasteiger partial charge in [-0.3, -0.25) is 0 Å². The lowest BCUT2D eigenvalue weighted by molar-refractivity contribution is 0.645. The Hall–Kier alpha value is -16.6. The van der Waals surface area contributed by atoms with E-state index in [1.807, 2.05) is 0 Å². The van der Waals surface area contributed by atoms with Gasteiger partial charge in [0.1, 0.15) is 8.07 Å². The molecular weight excluding hydrogens is 1670 g/mol. The molecule has 3 heterocycles. The van der Waals surface area contributed by atoms with Gasteiger partial charge >= 0.3 is 0 Å². The largest absolute Gasteiger partial charge is 0.309 e. The Morgan fingerprint density at radius 3 is 1.17 bits per heavy atom. The van der Waals surface area contributed by atoms with Gasteiger partial charge in [0.2, 0.25) is 0 Å². The molecule has 25 aromatic carbocycles. The molecule has 29 rings (SSSR count). The number of benzene rings is 25. The fourth-order valence-corrected chi connectivity index (χ4v) is 28.0. The molecular formula is C134H94N2Si. The summed E-state index contributed by atoms with van der Waals surface area (Å²) in [6.45, 7) is 16.6. The van der Waals surface area contributed by atoms with Gasteiger partial charge in [-0.05, 0) is 324 Å². The predicted octanol–water partition coefficient (Wildman–Crippen LogP) is 36.0. The zero-order chi connectivity index (χ0) is 91.4. The van der Waals surface area contributed by atoms with Crippen molar-refractivity contribution in [2.24, 2.45) is 0 Å². The van der Waals surface area contributed by atoms with Gasteiger partial charge in [-0.1, -0.05) is 396 Å². The van der Waals surface area contributed by atoms with Crippen molar-refractivity contribution in [3.8, 4) is 117 Å². The number of rotatable bonds is 9. The molecule has 0 atom stereocenters. The van der Waals surface area contributed by atoms with Crippen molar-refractivity contribution in [3.05, 3.63) is 471 Å². The van der Waals surface area contributed by atoms with Crippen LogP contribution in [0.4, 0.5) is 17.1 Å². The van der Waals surface area contributed by atoms with Gasteiger partial charge in [-0.2, -0.15) is 0 Å². The van der Waals surface area contributed by atoms with E-state index in [-0.39, 0.29) is 5.41 Å². The number of aromatic nitrogens is 1. The maximum atomic E-state index is 2.55. The molecule has 1 aromatic heterocycles. The quantitative estimate of drug-likeness (QED) is 0.103. The first kappa shape index (κ1) is 80.1. The molecule has 0 unspecified atom stereocenters. The molecule has 2 aliphatic heterocycles. The molecule has 644 valence electrons. The van der Waals surface area contributed by atoms with E-state index in [0.29, 0.717) is 0 Å². The van der Waals surface area contributed by atoms with Gasteiger partial charge in [0.05, 0.1) is 22.4 Å². The lowest BCUT2D eigenvalue weighted by Gasteiger charge is -2.36. The van der Waals surface area contributed by atoms with Crippen LogP contribution < -0.4 is 15.3 Å².